The number of hydrogen-bond donors (Lipinski definition) is 0. The summed E-state index contributed by atoms with van der Waals surface area (Å²) in [5.74, 6) is 2.07. The van der Waals surface area contributed by atoms with E-state index in [4.69, 9.17) is 3.76 Å². The first kappa shape index (κ1) is 22.3. The maximum absolute atomic E-state index is 6.51. The normalized spacial score (nSPS) is 14.6. The molecule has 0 unspecified atom stereocenters. The molecule has 0 aliphatic carbocycles. The van der Waals surface area contributed by atoms with Crippen molar-refractivity contribution in [2.45, 2.75) is 91.9 Å². The predicted octanol–water partition coefficient (Wildman–Crippen LogP) is 7.59. The Morgan fingerprint density at radius 2 is 1.38 bits per heavy atom. The van der Waals surface area contributed by atoms with E-state index in [1.54, 1.807) is 0 Å². The van der Waals surface area contributed by atoms with Crippen LogP contribution in [0, 0.1) is 0 Å². The van der Waals surface area contributed by atoms with Gasteiger partial charge in [0.25, 0.3) is 0 Å². The second kappa shape index (κ2) is 7.68. The summed E-state index contributed by atoms with van der Waals surface area (Å²) in [6.45, 7) is 23.0. The molecule has 0 saturated heterocycles. The van der Waals surface area contributed by atoms with Gasteiger partial charge in [-0.15, -0.1) is 0 Å². The van der Waals surface area contributed by atoms with Gasteiger partial charge in [0.2, 0.25) is 0 Å². The number of nitrogens with zero attached hydrogens (tertiary/aromatic N) is 1. The molecule has 1 heterocycles. The van der Waals surface area contributed by atoms with Crippen molar-refractivity contribution in [1.29, 1.82) is 0 Å². The summed E-state index contributed by atoms with van der Waals surface area (Å²) in [4.78, 5) is 0. The second-order valence-corrected chi connectivity index (χ2v) is 12.7. The van der Waals surface area contributed by atoms with E-state index in [9.17, 15) is 0 Å². The molecule has 0 bridgehead atoms. The van der Waals surface area contributed by atoms with Crippen molar-refractivity contribution in [3.05, 3.63) is 52.6 Å². The Morgan fingerprint density at radius 3 is 1.83 bits per heavy atom. The Morgan fingerprint density at radius 1 is 0.828 bits per heavy atom. The van der Waals surface area contributed by atoms with E-state index in [1.165, 1.54) is 33.6 Å². The van der Waals surface area contributed by atoms with Gasteiger partial charge in [0.1, 0.15) is 0 Å². The van der Waals surface area contributed by atoms with Crippen LogP contribution in [0.5, 0.6) is 5.75 Å². The van der Waals surface area contributed by atoms with E-state index in [-0.39, 0.29) is 10.8 Å². The topological polar surface area (TPSA) is 12.5 Å². The average molecular weight is 452 g/mol. The van der Waals surface area contributed by atoms with Crippen molar-refractivity contribution in [2.24, 2.45) is 0 Å². The van der Waals surface area contributed by atoms with Crippen molar-refractivity contribution in [3.8, 4) is 5.75 Å². The number of rotatable bonds is 3. The molecule has 2 nitrogen and oxygen atoms in total. The molecule has 156 valence electrons. The predicted molar refractivity (Wildman–Crippen MR) is 127 cm³/mol. The van der Waals surface area contributed by atoms with E-state index in [0.29, 0.717) is 11.8 Å². The first-order chi connectivity index (χ1) is 13.3. The standard InChI is InChI=1S/C26H37GeNO/c1-16(2)19-12-11-13-20(17(3)4)23(19)28-22-15-18(25(5,6)7)14-21(26(8,9)10)24(22)29-27-28/h11-17H,1-10H3. The molecule has 0 N–H and O–H groups in total. The molecule has 29 heavy (non-hydrogen) atoms. The van der Waals surface area contributed by atoms with Gasteiger partial charge < -0.3 is 0 Å². The zero-order chi connectivity index (χ0) is 21.7. The molecule has 0 saturated carbocycles. The molecule has 0 fully saturated rings. The van der Waals surface area contributed by atoms with Crippen LogP contribution in [0.25, 0.3) is 0 Å². The third kappa shape index (κ3) is 4.24. The third-order valence-corrected chi connectivity index (χ3v) is 7.77. The van der Waals surface area contributed by atoms with Gasteiger partial charge in [0.05, 0.1) is 0 Å². The summed E-state index contributed by atoms with van der Waals surface area (Å²) in [6.07, 6.45) is 0. The van der Waals surface area contributed by atoms with Crippen molar-refractivity contribution in [1.82, 2.24) is 0 Å². The first-order valence-corrected chi connectivity index (χ1v) is 12.7. The van der Waals surface area contributed by atoms with Crippen LogP contribution >= 0.6 is 0 Å². The molecule has 3 rings (SSSR count). The quantitative estimate of drug-likeness (QED) is 0.445. The summed E-state index contributed by atoms with van der Waals surface area (Å²) < 4.78 is 9.06. The van der Waals surface area contributed by atoms with E-state index < -0.39 is 16.0 Å². The van der Waals surface area contributed by atoms with Crippen molar-refractivity contribution < 1.29 is 3.76 Å². The van der Waals surface area contributed by atoms with E-state index >= 15 is 0 Å². The minimum absolute atomic E-state index is 0.0476. The Hall–Kier alpha value is -1.42. The average Bonchev–Trinajstić information content (AvgIpc) is 3.01. The van der Waals surface area contributed by atoms with Crippen molar-refractivity contribution >= 4 is 27.4 Å². The Kier molecular flexibility index (Phi) is 5.90. The summed E-state index contributed by atoms with van der Waals surface area (Å²) in [6, 6.07) is 11.6. The fourth-order valence-electron chi connectivity index (χ4n) is 3.95. The molecule has 0 spiro atoms. The molecule has 2 aromatic carbocycles. The van der Waals surface area contributed by atoms with Crippen LogP contribution in [0.4, 0.5) is 11.4 Å². The molecular weight excluding hydrogens is 415 g/mol. The van der Waals surface area contributed by atoms with Gasteiger partial charge in [-0.2, -0.15) is 0 Å². The molecule has 2 radical (unpaired) electrons. The van der Waals surface area contributed by atoms with Crippen LogP contribution < -0.4 is 7.62 Å². The zero-order valence-corrected chi connectivity index (χ0v) is 22.0. The Bertz CT molecular complexity index is 874. The van der Waals surface area contributed by atoms with Gasteiger partial charge in [-0.1, -0.05) is 0 Å². The van der Waals surface area contributed by atoms with Gasteiger partial charge in [-0.25, -0.2) is 0 Å². The number of anilines is 2. The fraction of sp³-hybridized carbons (Fsp3) is 0.538. The molecule has 1 aliphatic rings. The molecule has 0 aromatic heterocycles. The van der Waals surface area contributed by atoms with Gasteiger partial charge in [-0.05, 0) is 0 Å². The Balaban J connectivity index is 2.30. The van der Waals surface area contributed by atoms with Crippen LogP contribution in [0.1, 0.15) is 103 Å². The minimum atomic E-state index is -0.758. The van der Waals surface area contributed by atoms with E-state index in [2.05, 4.69) is 103 Å². The van der Waals surface area contributed by atoms with Gasteiger partial charge >= 0.3 is 185 Å². The summed E-state index contributed by atoms with van der Waals surface area (Å²) in [5, 5.41) is 0. The number of benzene rings is 2. The zero-order valence-electron chi connectivity index (χ0n) is 19.9. The monoisotopic (exact) mass is 453 g/mol. The SMILES string of the molecule is CC(C)c1cccc(C(C)C)c1[N]1[Ge][O]c2c1cc(C(C)(C)C)cc2C(C)(C)C. The van der Waals surface area contributed by atoms with E-state index in [1.807, 2.05) is 0 Å². The van der Waals surface area contributed by atoms with Crippen LogP contribution in [0.15, 0.2) is 30.3 Å². The second-order valence-electron chi connectivity index (χ2n) is 11.0. The number of hydrogen-bond acceptors (Lipinski definition) is 2. The molecule has 0 atom stereocenters. The van der Waals surface area contributed by atoms with Crippen molar-refractivity contribution in [3.63, 3.8) is 0 Å². The summed E-state index contributed by atoms with van der Waals surface area (Å²) in [5.41, 5.74) is 8.38. The molecular formula is C26H37GeNO. The van der Waals surface area contributed by atoms with Crippen LogP contribution in [-0.4, -0.2) is 16.0 Å². The maximum atomic E-state index is 6.51. The molecule has 3 heteroatoms. The van der Waals surface area contributed by atoms with Gasteiger partial charge in [-0.3, -0.25) is 0 Å². The van der Waals surface area contributed by atoms with E-state index in [0.717, 1.165) is 5.75 Å². The number of para-hydroxylation sites is 1. The summed E-state index contributed by atoms with van der Waals surface area (Å²) >= 11 is -0.758. The molecule has 2 aromatic rings. The van der Waals surface area contributed by atoms with Gasteiger partial charge in [0, 0.05) is 0 Å². The van der Waals surface area contributed by atoms with Crippen LogP contribution in [0.3, 0.4) is 0 Å². The molecule has 0 amide bonds. The molecule has 1 aliphatic heterocycles. The van der Waals surface area contributed by atoms with Gasteiger partial charge in [0.15, 0.2) is 0 Å². The van der Waals surface area contributed by atoms with Crippen molar-refractivity contribution in [2.75, 3.05) is 3.86 Å². The van der Waals surface area contributed by atoms with Crippen LogP contribution in [0.2, 0.25) is 0 Å². The first-order valence-electron chi connectivity index (χ1n) is 10.9. The Labute approximate surface area is 185 Å². The third-order valence-electron chi connectivity index (χ3n) is 5.79. The number of fused-ring (bicyclic) bond motifs is 1. The van der Waals surface area contributed by atoms with Crippen LogP contribution in [-0.2, 0) is 10.8 Å². The fourth-order valence-corrected chi connectivity index (χ4v) is 6.07. The summed E-state index contributed by atoms with van der Waals surface area (Å²) in [7, 11) is 0.